The van der Waals surface area contributed by atoms with E-state index in [9.17, 15) is 4.79 Å². The third kappa shape index (κ3) is 4.00. The molecule has 1 aromatic heterocycles. The lowest BCUT2D eigenvalue weighted by Crippen LogP contribution is -2.34. The van der Waals surface area contributed by atoms with Gasteiger partial charge in [0, 0.05) is 11.8 Å². The molecule has 20 heavy (non-hydrogen) atoms. The molecule has 0 bridgehead atoms. The van der Waals surface area contributed by atoms with Crippen LogP contribution in [0.5, 0.6) is 0 Å². The van der Waals surface area contributed by atoms with Gasteiger partial charge in [0.2, 0.25) is 0 Å². The first-order valence-electron chi connectivity index (χ1n) is 5.54. The molecule has 7 heteroatoms. The number of carbonyl (C=O) groups excluding carboxylic acids is 1. The van der Waals surface area contributed by atoms with Gasteiger partial charge in [-0.15, -0.1) is 0 Å². The zero-order chi connectivity index (χ0) is 14.5. The SMILES string of the molecule is O=C(NC(=S)Nc1cc(Cl)cnc1Br)c1ccccc1. The van der Waals surface area contributed by atoms with Crippen molar-refractivity contribution in [2.75, 3.05) is 5.32 Å². The average molecular weight is 371 g/mol. The lowest BCUT2D eigenvalue weighted by Gasteiger charge is -2.10. The molecular weight excluding hydrogens is 362 g/mol. The lowest BCUT2D eigenvalue weighted by molar-refractivity contribution is 0.0978. The van der Waals surface area contributed by atoms with E-state index in [1.807, 2.05) is 6.07 Å². The van der Waals surface area contributed by atoms with Crippen molar-refractivity contribution in [1.29, 1.82) is 0 Å². The normalized spacial score (nSPS) is 9.90. The number of amides is 1. The second-order valence-electron chi connectivity index (χ2n) is 3.77. The molecule has 0 atom stereocenters. The van der Waals surface area contributed by atoms with Gasteiger partial charge in [0.15, 0.2) is 5.11 Å². The quantitative estimate of drug-likeness (QED) is 0.626. The number of aromatic nitrogens is 1. The van der Waals surface area contributed by atoms with Crippen molar-refractivity contribution in [2.24, 2.45) is 0 Å². The number of nitrogens with one attached hydrogen (secondary N) is 2. The fourth-order valence-corrected chi connectivity index (χ4v) is 2.11. The minimum Gasteiger partial charge on any atom is -0.330 e. The molecule has 1 heterocycles. The predicted octanol–water partition coefficient (Wildman–Crippen LogP) is 3.62. The third-order valence-corrected chi connectivity index (χ3v) is 3.36. The van der Waals surface area contributed by atoms with E-state index in [0.29, 0.717) is 20.9 Å². The minimum atomic E-state index is -0.283. The van der Waals surface area contributed by atoms with E-state index in [4.69, 9.17) is 23.8 Å². The molecule has 0 fully saturated rings. The molecule has 1 aromatic carbocycles. The van der Waals surface area contributed by atoms with Crippen molar-refractivity contribution in [2.45, 2.75) is 0 Å². The van der Waals surface area contributed by atoms with Crippen LogP contribution in [0.2, 0.25) is 5.02 Å². The first kappa shape index (κ1) is 14.9. The van der Waals surface area contributed by atoms with Gasteiger partial charge in [-0.05, 0) is 46.3 Å². The number of nitrogens with zero attached hydrogens (tertiary/aromatic N) is 1. The van der Waals surface area contributed by atoms with Gasteiger partial charge >= 0.3 is 0 Å². The van der Waals surface area contributed by atoms with E-state index in [2.05, 4.69) is 31.5 Å². The summed E-state index contributed by atoms with van der Waals surface area (Å²) in [6.45, 7) is 0. The second kappa shape index (κ2) is 6.78. The Morgan fingerprint density at radius 3 is 2.70 bits per heavy atom. The molecule has 2 rings (SSSR count). The van der Waals surface area contributed by atoms with Gasteiger partial charge in [0.05, 0.1) is 10.7 Å². The molecular formula is C13H9BrClN3OS. The smallest absolute Gasteiger partial charge is 0.257 e. The van der Waals surface area contributed by atoms with Crippen LogP contribution in [0, 0.1) is 0 Å². The molecule has 102 valence electrons. The summed E-state index contributed by atoms with van der Waals surface area (Å²) in [4.78, 5) is 15.9. The highest BCUT2D eigenvalue weighted by Crippen LogP contribution is 2.22. The van der Waals surface area contributed by atoms with Gasteiger partial charge < -0.3 is 5.32 Å². The summed E-state index contributed by atoms with van der Waals surface area (Å²) in [5.74, 6) is -0.283. The van der Waals surface area contributed by atoms with Crippen molar-refractivity contribution >= 4 is 56.5 Å². The molecule has 2 aromatic rings. The van der Waals surface area contributed by atoms with Crippen molar-refractivity contribution in [3.8, 4) is 0 Å². The Balaban J connectivity index is 2.03. The molecule has 1 amide bonds. The summed E-state index contributed by atoms with van der Waals surface area (Å²) >= 11 is 14.2. The van der Waals surface area contributed by atoms with Crippen LogP contribution in [-0.2, 0) is 0 Å². The van der Waals surface area contributed by atoms with E-state index in [0.717, 1.165) is 0 Å². The molecule has 0 unspecified atom stereocenters. The van der Waals surface area contributed by atoms with E-state index in [1.54, 1.807) is 30.3 Å². The summed E-state index contributed by atoms with van der Waals surface area (Å²) in [6.07, 6.45) is 1.50. The Kier molecular flexibility index (Phi) is 5.05. The number of benzene rings is 1. The van der Waals surface area contributed by atoms with E-state index in [1.165, 1.54) is 6.20 Å². The fraction of sp³-hybridized carbons (Fsp3) is 0. The number of anilines is 1. The predicted molar refractivity (Wildman–Crippen MR) is 87.1 cm³/mol. The number of pyridine rings is 1. The molecule has 0 aliphatic carbocycles. The molecule has 0 saturated heterocycles. The third-order valence-electron chi connectivity index (χ3n) is 2.32. The van der Waals surface area contributed by atoms with Gasteiger partial charge in [-0.3, -0.25) is 10.1 Å². The summed E-state index contributed by atoms with van der Waals surface area (Å²) < 4.78 is 0.554. The van der Waals surface area contributed by atoms with Gasteiger partial charge in [-0.1, -0.05) is 29.8 Å². The highest BCUT2D eigenvalue weighted by atomic mass is 79.9. The number of thiocarbonyl (C=S) groups is 1. The van der Waals surface area contributed by atoms with Crippen molar-refractivity contribution in [1.82, 2.24) is 10.3 Å². The van der Waals surface area contributed by atoms with Crippen LogP contribution in [0.1, 0.15) is 10.4 Å². The van der Waals surface area contributed by atoms with Gasteiger partial charge in [-0.25, -0.2) is 4.98 Å². The monoisotopic (exact) mass is 369 g/mol. The van der Waals surface area contributed by atoms with E-state index < -0.39 is 0 Å². The van der Waals surface area contributed by atoms with Crippen LogP contribution in [0.3, 0.4) is 0 Å². The zero-order valence-electron chi connectivity index (χ0n) is 10.1. The molecule has 0 aliphatic heterocycles. The average Bonchev–Trinajstić information content (AvgIpc) is 2.43. The number of halogens is 2. The summed E-state index contributed by atoms with van der Waals surface area (Å²) in [5, 5.41) is 6.07. The Morgan fingerprint density at radius 2 is 2.00 bits per heavy atom. The van der Waals surface area contributed by atoms with Crippen LogP contribution >= 0.6 is 39.7 Å². The Hall–Kier alpha value is -1.50. The lowest BCUT2D eigenvalue weighted by atomic mass is 10.2. The van der Waals surface area contributed by atoms with Crippen LogP contribution in [0.4, 0.5) is 5.69 Å². The van der Waals surface area contributed by atoms with Crippen LogP contribution in [-0.4, -0.2) is 16.0 Å². The standard InChI is InChI=1S/C13H9BrClN3OS/c14-11-10(6-9(15)7-16-11)17-13(20)18-12(19)8-4-2-1-3-5-8/h1-7H,(H2,17,18,19,20). The highest BCUT2D eigenvalue weighted by molar-refractivity contribution is 9.10. The maximum Gasteiger partial charge on any atom is 0.257 e. The molecule has 2 N–H and O–H groups in total. The van der Waals surface area contributed by atoms with E-state index >= 15 is 0 Å². The summed E-state index contributed by atoms with van der Waals surface area (Å²) in [6, 6.07) is 10.5. The van der Waals surface area contributed by atoms with Crippen molar-refractivity contribution in [3.05, 3.63) is 57.8 Å². The topological polar surface area (TPSA) is 54.0 Å². The van der Waals surface area contributed by atoms with E-state index in [-0.39, 0.29) is 11.0 Å². The Labute approximate surface area is 134 Å². The Bertz CT molecular complexity index is 651. The second-order valence-corrected chi connectivity index (χ2v) is 5.36. The molecule has 4 nitrogen and oxygen atoms in total. The number of rotatable bonds is 2. The van der Waals surface area contributed by atoms with Crippen LogP contribution in [0.15, 0.2) is 47.2 Å². The molecule has 0 aliphatic rings. The van der Waals surface area contributed by atoms with Crippen molar-refractivity contribution < 1.29 is 4.79 Å². The molecule has 0 radical (unpaired) electrons. The zero-order valence-corrected chi connectivity index (χ0v) is 13.2. The summed E-state index contributed by atoms with van der Waals surface area (Å²) in [5.41, 5.74) is 1.11. The molecule has 0 saturated carbocycles. The Morgan fingerprint density at radius 1 is 1.30 bits per heavy atom. The first-order chi connectivity index (χ1) is 9.56. The highest BCUT2D eigenvalue weighted by Gasteiger charge is 2.09. The number of hydrogen-bond acceptors (Lipinski definition) is 3. The van der Waals surface area contributed by atoms with Gasteiger partial charge in [0.1, 0.15) is 4.60 Å². The number of hydrogen-bond donors (Lipinski definition) is 2. The maximum absolute atomic E-state index is 11.9. The van der Waals surface area contributed by atoms with Gasteiger partial charge in [-0.2, -0.15) is 0 Å². The number of carbonyl (C=O) groups is 1. The largest absolute Gasteiger partial charge is 0.330 e. The fourth-order valence-electron chi connectivity index (χ4n) is 1.43. The first-order valence-corrected chi connectivity index (χ1v) is 7.12. The minimum absolute atomic E-state index is 0.170. The van der Waals surface area contributed by atoms with Crippen LogP contribution < -0.4 is 10.6 Å². The maximum atomic E-state index is 11.9. The van der Waals surface area contributed by atoms with Crippen LogP contribution in [0.25, 0.3) is 0 Å². The summed E-state index contributed by atoms with van der Waals surface area (Å²) in [7, 11) is 0. The molecule has 0 spiro atoms. The van der Waals surface area contributed by atoms with Gasteiger partial charge in [0.25, 0.3) is 5.91 Å². The van der Waals surface area contributed by atoms with Crippen molar-refractivity contribution in [3.63, 3.8) is 0 Å².